The Hall–Kier alpha value is -2.70. The van der Waals surface area contributed by atoms with Gasteiger partial charge >= 0.3 is 0 Å². The van der Waals surface area contributed by atoms with Crippen molar-refractivity contribution in [3.05, 3.63) is 30.0 Å². The Morgan fingerprint density at radius 1 is 1.11 bits per heavy atom. The SMILES string of the molecule is COc1cc(CCC(=O)Nc2ccnn2C2CCCCC2)cc(OC)c1OC. The summed E-state index contributed by atoms with van der Waals surface area (Å²) in [6.45, 7) is 0. The number of amides is 1. The zero-order valence-corrected chi connectivity index (χ0v) is 16.9. The van der Waals surface area contributed by atoms with Crippen LogP contribution in [0.2, 0.25) is 0 Å². The van der Waals surface area contributed by atoms with Gasteiger partial charge in [0.15, 0.2) is 11.5 Å². The highest BCUT2D eigenvalue weighted by molar-refractivity contribution is 5.90. The van der Waals surface area contributed by atoms with E-state index in [0.29, 0.717) is 36.1 Å². The molecule has 0 aliphatic heterocycles. The number of anilines is 1. The number of nitrogens with one attached hydrogen (secondary N) is 1. The number of methoxy groups -OCH3 is 3. The van der Waals surface area contributed by atoms with E-state index in [1.54, 1.807) is 27.5 Å². The van der Waals surface area contributed by atoms with Gasteiger partial charge in [-0.25, -0.2) is 4.68 Å². The summed E-state index contributed by atoms with van der Waals surface area (Å²) in [5.41, 5.74) is 0.949. The van der Waals surface area contributed by atoms with Crippen LogP contribution in [-0.4, -0.2) is 37.0 Å². The lowest BCUT2D eigenvalue weighted by atomic mass is 9.96. The van der Waals surface area contributed by atoms with Crippen LogP contribution in [0, 0.1) is 0 Å². The van der Waals surface area contributed by atoms with Crippen LogP contribution in [-0.2, 0) is 11.2 Å². The van der Waals surface area contributed by atoms with Crippen molar-refractivity contribution < 1.29 is 19.0 Å². The van der Waals surface area contributed by atoms with Crippen LogP contribution in [0.1, 0.15) is 50.1 Å². The summed E-state index contributed by atoms with van der Waals surface area (Å²) in [5, 5.41) is 7.44. The first kappa shape index (κ1) is 20.0. The maximum atomic E-state index is 12.5. The van der Waals surface area contributed by atoms with E-state index in [1.807, 2.05) is 22.9 Å². The van der Waals surface area contributed by atoms with Gasteiger partial charge < -0.3 is 19.5 Å². The quantitative estimate of drug-likeness (QED) is 0.741. The van der Waals surface area contributed by atoms with Crippen molar-refractivity contribution in [1.29, 1.82) is 0 Å². The number of carbonyl (C=O) groups is 1. The van der Waals surface area contributed by atoms with Crippen LogP contribution in [0.5, 0.6) is 17.2 Å². The van der Waals surface area contributed by atoms with Crippen molar-refractivity contribution in [2.24, 2.45) is 0 Å². The number of hydrogen-bond donors (Lipinski definition) is 1. The molecule has 7 nitrogen and oxygen atoms in total. The summed E-state index contributed by atoms with van der Waals surface area (Å²) in [6.07, 6.45) is 8.65. The molecule has 1 aliphatic carbocycles. The van der Waals surface area contributed by atoms with E-state index in [9.17, 15) is 4.79 Å². The third-order valence-corrected chi connectivity index (χ3v) is 5.22. The Bertz CT molecular complexity index is 772. The normalized spacial score (nSPS) is 14.5. The van der Waals surface area contributed by atoms with Gasteiger partial charge in [0.25, 0.3) is 0 Å². The number of nitrogens with zero attached hydrogens (tertiary/aromatic N) is 2. The first-order valence-electron chi connectivity index (χ1n) is 9.78. The number of benzene rings is 1. The topological polar surface area (TPSA) is 74.6 Å². The average molecular weight is 387 g/mol. The molecule has 0 unspecified atom stereocenters. The molecule has 0 radical (unpaired) electrons. The molecule has 1 aromatic heterocycles. The highest BCUT2D eigenvalue weighted by Gasteiger charge is 2.19. The maximum Gasteiger partial charge on any atom is 0.225 e. The highest BCUT2D eigenvalue weighted by Crippen LogP contribution is 2.38. The molecule has 152 valence electrons. The molecule has 0 bridgehead atoms. The van der Waals surface area contributed by atoms with Crippen LogP contribution in [0.15, 0.2) is 24.4 Å². The van der Waals surface area contributed by atoms with E-state index in [-0.39, 0.29) is 5.91 Å². The third kappa shape index (κ3) is 4.58. The fourth-order valence-electron chi connectivity index (χ4n) is 3.77. The molecule has 1 aromatic carbocycles. The molecular formula is C21H29N3O4. The van der Waals surface area contributed by atoms with Crippen LogP contribution in [0.3, 0.4) is 0 Å². The van der Waals surface area contributed by atoms with E-state index in [4.69, 9.17) is 14.2 Å². The number of ether oxygens (including phenoxy) is 3. The van der Waals surface area contributed by atoms with Crippen LogP contribution >= 0.6 is 0 Å². The zero-order chi connectivity index (χ0) is 19.9. The van der Waals surface area contributed by atoms with Gasteiger partial charge in [-0.1, -0.05) is 19.3 Å². The summed E-state index contributed by atoms with van der Waals surface area (Å²) >= 11 is 0. The summed E-state index contributed by atoms with van der Waals surface area (Å²) in [5.74, 6) is 2.47. The van der Waals surface area contributed by atoms with Crippen LogP contribution in [0.4, 0.5) is 5.82 Å². The Labute approximate surface area is 166 Å². The number of aryl methyl sites for hydroxylation is 1. The molecule has 1 fully saturated rings. The van der Waals surface area contributed by atoms with Crippen molar-refractivity contribution in [1.82, 2.24) is 9.78 Å². The fraction of sp³-hybridized carbons (Fsp3) is 0.524. The molecule has 0 saturated heterocycles. The van der Waals surface area contributed by atoms with E-state index >= 15 is 0 Å². The number of carbonyl (C=O) groups excluding carboxylic acids is 1. The smallest absolute Gasteiger partial charge is 0.225 e. The standard InChI is InChI=1S/C21H29N3O4/c1-26-17-13-15(14-18(27-2)21(17)28-3)9-10-20(25)23-19-11-12-22-24(19)16-7-5-4-6-8-16/h11-14,16H,4-10H2,1-3H3,(H,23,25). The highest BCUT2D eigenvalue weighted by atomic mass is 16.5. The van der Waals surface area contributed by atoms with Gasteiger partial charge in [-0.05, 0) is 37.0 Å². The molecule has 7 heteroatoms. The molecule has 1 aliphatic rings. The molecule has 0 atom stereocenters. The second-order valence-electron chi connectivity index (χ2n) is 7.03. The van der Waals surface area contributed by atoms with Gasteiger partial charge in [0.05, 0.1) is 33.6 Å². The lowest BCUT2D eigenvalue weighted by Gasteiger charge is -2.23. The van der Waals surface area contributed by atoms with Crippen molar-refractivity contribution in [2.45, 2.75) is 51.0 Å². The second-order valence-corrected chi connectivity index (χ2v) is 7.03. The van der Waals surface area contributed by atoms with Gasteiger partial charge in [0.1, 0.15) is 5.82 Å². The zero-order valence-electron chi connectivity index (χ0n) is 16.9. The monoisotopic (exact) mass is 387 g/mol. The van der Waals surface area contributed by atoms with Crippen molar-refractivity contribution in [3.63, 3.8) is 0 Å². The summed E-state index contributed by atoms with van der Waals surface area (Å²) in [4.78, 5) is 12.5. The van der Waals surface area contributed by atoms with E-state index in [2.05, 4.69) is 10.4 Å². The number of hydrogen-bond acceptors (Lipinski definition) is 5. The van der Waals surface area contributed by atoms with E-state index in [0.717, 1.165) is 24.2 Å². The minimum Gasteiger partial charge on any atom is -0.493 e. The lowest BCUT2D eigenvalue weighted by molar-refractivity contribution is -0.116. The van der Waals surface area contributed by atoms with Gasteiger partial charge in [-0.15, -0.1) is 0 Å². The molecule has 2 aromatic rings. The molecule has 1 N–H and O–H groups in total. The number of rotatable bonds is 8. The predicted octanol–water partition coefficient (Wildman–Crippen LogP) is 3.99. The largest absolute Gasteiger partial charge is 0.493 e. The van der Waals surface area contributed by atoms with Crippen LogP contribution in [0.25, 0.3) is 0 Å². The first-order chi connectivity index (χ1) is 13.7. The minimum atomic E-state index is -0.0358. The Morgan fingerprint density at radius 2 is 1.79 bits per heavy atom. The molecule has 28 heavy (non-hydrogen) atoms. The van der Waals surface area contributed by atoms with Gasteiger partial charge in [0, 0.05) is 12.5 Å². The summed E-state index contributed by atoms with van der Waals surface area (Å²) in [6, 6.07) is 6.00. The second kappa shape index (κ2) is 9.48. The molecule has 0 spiro atoms. The number of aromatic nitrogens is 2. The van der Waals surface area contributed by atoms with Gasteiger partial charge in [-0.2, -0.15) is 5.10 Å². The maximum absolute atomic E-state index is 12.5. The first-order valence-corrected chi connectivity index (χ1v) is 9.78. The Morgan fingerprint density at radius 3 is 2.39 bits per heavy atom. The molecule has 1 saturated carbocycles. The molecule has 1 heterocycles. The fourth-order valence-corrected chi connectivity index (χ4v) is 3.77. The third-order valence-electron chi connectivity index (χ3n) is 5.22. The summed E-state index contributed by atoms with van der Waals surface area (Å²) < 4.78 is 18.1. The Balaban J connectivity index is 1.63. The van der Waals surface area contributed by atoms with Crippen molar-refractivity contribution >= 4 is 11.7 Å². The molecule has 3 rings (SSSR count). The lowest BCUT2D eigenvalue weighted by Crippen LogP contribution is -2.20. The summed E-state index contributed by atoms with van der Waals surface area (Å²) in [7, 11) is 4.74. The minimum absolute atomic E-state index is 0.0358. The van der Waals surface area contributed by atoms with Crippen molar-refractivity contribution in [3.8, 4) is 17.2 Å². The van der Waals surface area contributed by atoms with E-state index < -0.39 is 0 Å². The van der Waals surface area contributed by atoms with Crippen LogP contribution < -0.4 is 19.5 Å². The average Bonchev–Trinajstić information content (AvgIpc) is 3.19. The van der Waals surface area contributed by atoms with Crippen molar-refractivity contribution in [2.75, 3.05) is 26.6 Å². The Kier molecular flexibility index (Phi) is 6.79. The van der Waals surface area contributed by atoms with E-state index in [1.165, 1.54) is 19.3 Å². The van der Waals surface area contributed by atoms with Gasteiger partial charge in [-0.3, -0.25) is 4.79 Å². The predicted molar refractivity (Wildman–Crippen MR) is 107 cm³/mol. The molecular weight excluding hydrogens is 358 g/mol. The molecule has 1 amide bonds. The van der Waals surface area contributed by atoms with Gasteiger partial charge in [0.2, 0.25) is 11.7 Å².